The van der Waals surface area contributed by atoms with Crippen molar-refractivity contribution in [2.45, 2.75) is 0 Å². The van der Waals surface area contributed by atoms with Gasteiger partial charge < -0.3 is 19.9 Å². The highest BCUT2D eigenvalue weighted by Gasteiger charge is 2.14. The van der Waals surface area contributed by atoms with Crippen molar-refractivity contribution in [3.63, 3.8) is 0 Å². The highest BCUT2D eigenvalue weighted by atomic mass is 35.5. The number of likely N-dealkylation sites (N-methyl/N-ethyl adjacent to an activating group) is 1. The lowest BCUT2D eigenvalue weighted by Crippen LogP contribution is -2.44. The molecule has 0 radical (unpaired) electrons. The summed E-state index contributed by atoms with van der Waals surface area (Å²) in [4.78, 5) is 16.9. The molecular weight excluding hydrogens is 397 g/mol. The van der Waals surface area contributed by atoms with Gasteiger partial charge in [0.15, 0.2) is 0 Å². The summed E-state index contributed by atoms with van der Waals surface area (Å²) in [5.41, 5.74) is 2.55. The topological polar surface area (TPSA) is 44.8 Å². The number of benzene rings is 2. The Morgan fingerprint density at radius 3 is 2.43 bits per heavy atom. The predicted octanol–water partition coefficient (Wildman–Crippen LogP) is 4.41. The predicted molar refractivity (Wildman–Crippen MR) is 117 cm³/mol. The molecule has 0 bridgehead atoms. The van der Waals surface area contributed by atoms with Crippen molar-refractivity contribution in [2.75, 3.05) is 50.6 Å². The van der Waals surface area contributed by atoms with Crippen LogP contribution in [0.5, 0.6) is 5.75 Å². The molecule has 2 aromatic rings. The summed E-state index contributed by atoms with van der Waals surface area (Å²) in [6.45, 7) is 4.13. The van der Waals surface area contributed by atoms with Crippen LogP contribution in [0.25, 0.3) is 6.08 Å². The lowest BCUT2D eigenvalue weighted by molar-refractivity contribution is -0.111. The average Bonchev–Trinajstić information content (AvgIpc) is 2.67. The molecule has 5 nitrogen and oxygen atoms in total. The summed E-state index contributed by atoms with van der Waals surface area (Å²) in [7, 11) is 3.66. The first kappa shape index (κ1) is 20.5. The van der Waals surface area contributed by atoms with Crippen LogP contribution < -0.4 is 15.0 Å². The van der Waals surface area contributed by atoms with Crippen LogP contribution in [-0.4, -0.2) is 51.1 Å². The van der Waals surface area contributed by atoms with E-state index in [2.05, 4.69) is 22.2 Å². The third-order valence-electron chi connectivity index (χ3n) is 4.66. The molecule has 1 saturated heterocycles. The van der Waals surface area contributed by atoms with Crippen molar-refractivity contribution in [3.8, 4) is 5.75 Å². The molecule has 1 heterocycles. The Hall–Kier alpha value is -2.21. The molecule has 0 aliphatic carbocycles. The lowest BCUT2D eigenvalue weighted by atomic mass is 10.2. The van der Waals surface area contributed by atoms with Crippen LogP contribution in [-0.2, 0) is 4.79 Å². The molecule has 1 aliphatic rings. The molecule has 1 amide bonds. The van der Waals surface area contributed by atoms with Gasteiger partial charge in [0.1, 0.15) is 5.75 Å². The molecular formula is C21H23Cl2N3O2. The maximum atomic E-state index is 12.3. The van der Waals surface area contributed by atoms with Crippen molar-refractivity contribution in [2.24, 2.45) is 0 Å². The number of carbonyl (C=O) groups is 1. The first-order valence-electron chi connectivity index (χ1n) is 9.02. The smallest absolute Gasteiger partial charge is 0.248 e. The number of rotatable bonds is 5. The van der Waals surface area contributed by atoms with E-state index in [1.807, 2.05) is 24.3 Å². The van der Waals surface area contributed by atoms with Crippen LogP contribution >= 0.6 is 23.2 Å². The van der Waals surface area contributed by atoms with Crippen LogP contribution in [0.3, 0.4) is 0 Å². The molecule has 0 atom stereocenters. The summed E-state index contributed by atoms with van der Waals surface area (Å²) in [6, 6.07) is 11.2. The first-order chi connectivity index (χ1) is 13.5. The highest BCUT2D eigenvalue weighted by Crippen LogP contribution is 2.33. The Labute approximate surface area is 175 Å². The fourth-order valence-corrected chi connectivity index (χ4v) is 3.68. The second kappa shape index (κ2) is 9.32. The number of nitrogens with zero attached hydrogens (tertiary/aromatic N) is 2. The summed E-state index contributed by atoms with van der Waals surface area (Å²) in [5.74, 6) is 0.233. The number of piperazine rings is 1. The average molecular weight is 420 g/mol. The molecule has 148 valence electrons. The van der Waals surface area contributed by atoms with Crippen LogP contribution in [0.4, 0.5) is 11.4 Å². The largest absolute Gasteiger partial charge is 0.495 e. The zero-order valence-corrected chi connectivity index (χ0v) is 17.4. The number of amides is 1. The number of ether oxygens (including phenoxy) is 1. The normalized spacial score (nSPS) is 15.1. The minimum absolute atomic E-state index is 0.245. The zero-order valence-electron chi connectivity index (χ0n) is 15.9. The molecule has 0 spiro atoms. The van der Waals surface area contributed by atoms with E-state index in [9.17, 15) is 4.79 Å². The van der Waals surface area contributed by atoms with Gasteiger partial charge in [-0.2, -0.15) is 0 Å². The van der Waals surface area contributed by atoms with Gasteiger partial charge in [-0.05, 0) is 49.5 Å². The summed E-state index contributed by atoms with van der Waals surface area (Å²) in [5, 5.41) is 3.73. The van der Waals surface area contributed by atoms with Gasteiger partial charge in [0.25, 0.3) is 0 Å². The van der Waals surface area contributed by atoms with Gasteiger partial charge in [0, 0.05) is 54.2 Å². The van der Waals surface area contributed by atoms with E-state index >= 15 is 0 Å². The minimum Gasteiger partial charge on any atom is -0.495 e. The van der Waals surface area contributed by atoms with Gasteiger partial charge in [-0.25, -0.2) is 0 Å². The molecule has 0 saturated carbocycles. The summed E-state index contributed by atoms with van der Waals surface area (Å²) >= 11 is 12.1. The van der Waals surface area contributed by atoms with Crippen molar-refractivity contribution >= 4 is 46.6 Å². The minimum atomic E-state index is -0.245. The summed E-state index contributed by atoms with van der Waals surface area (Å²) in [6.07, 6.45) is 3.06. The van der Waals surface area contributed by atoms with E-state index in [0.717, 1.165) is 31.9 Å². The Balaban J connectivity index is 1.63. The van der Waals surface area contributed by atoms with E-state index in [-0.39, 0.29) is 5.91 Å². The molecule has 2 aromatic carbocycles. The number of hydrogen-bond acceptors (Lipinski definition) is 4. The van der Waals surface area contributed by atoms with E-state index < -0.39 is 0 Å². The van der Waals surface area contributed by atoms with E-state index in [1.165, 1.54) is 18.9 Å². The van der Waals surface area contributed by atoms with Crippen LogP contribution in [0, 0.1) is 0 Å². The number of anilines is 2. The Kier molecular flexibility index (Phi) is 6.83. The number of methoxy groups -OCH3 is 1. The highest BCUT2D eigenvalue weighted by molar-refractivity contribution is 6.36. The van der Waals surface area contributed by atoms with Gasteiger partial charge in [0.05, 0.1) is 12.1 Å². The standard InChI is InChI=1S/C21H23Cl2N3O2/c1-25-9-11-26(12-10-25)18-6-4-17(5-7-18)24-20(27)8-3-15-13-16(22)14-19(23)21(15)28-2/h3-8,13-14H,9-12H2,1-2H3,(H,24,27). The third kappa shape index (κ3) is 5.19. The molecule has 3 rings (SSSR count). The zero-order chi connectivity index (χ0) is 20.1. The third-order valence-corrected chi connectivity index (χ3v) is 5.16. The van der Waals surface area contributed by atoms with Crippen LogP contribution in [0.2, 0.25) is 10.0 Å². The molecule has 1 fully saturated rings. The van der Waals surface area contributed by atoms with Gasteiger partial charge >= 0.3 is 0 Å². The van der Waals surface area contributed by atoms with Gasteiger partial charge in [-0.15, -0.1) is 0 Å². The second-order valence-corrected chi connectivity index (χ2v) is 7.51. The van der Waals surface area contributed by atoms with Crippen molar-refractivity contribution in [1.82, 2.24) is 4.90 Å². The number of halogens is 2. The maximum Gasteiger partial charge on any atom is 0.248 e. The maximum absolute atomic E-state index is 12.3. The Bertz CT molecular complexity index is 861. The Morgan fingerprint density at radius 1 is 1.11 bits per heavy atom. The van der Waals surface area contributed by atoms with Crippen LogP contribution in [0.15, 0.2) is 42.5 Å². The van der Waals surface area contributed by atoms with Crippen molar-refractivity contribution < 1.29 is 9.53 Å². The molecule has 0 aromatic heterocycles. The van der Waals surface area contributed by atoms with E-state index in [4.69, 9.17) is 27.9 Å². The molecule has 28 heavy (non-hydrogen) atoms. The van der Waals surface area contributed by atoms with Crippen molar-refractivity contribution in [3.05, 3.63) is 58.1 Å². The first-order valence-corrected chi connectivity index (χ1v) is 9.77. The van der Waals surface area contributed by atoms with E-state index in [0.29, 0.717) is 21.4 Å². The number of carbonyl (C=O) groups excluding carboxylic acids is 1. The molecule has 0 unspecified atom stereocenters. The Morgan fingerprint density at radius 2 is 1.79 bits per heavy atom. The van der Waals surface area contributed by atoms with Gasteiger partial charge in [-0.1, -0.05) is 23.2 Å². The second-order valence-electron chi connectivity index (χ2n) is 6.67. The SMILES string of the molecule is COc1c(Cl)cc(Cl)cc1C=CC(=O)Nc1ccc(N2CCN(C)CC2)cc1. The lowest BCUT2D eigenvalue weighted by Gasteiger charge is -2.34. The number of nitrogens with one attached hydrogen (secondary N) is 1. The van der Waals surface area contributed by atoms with Gasteiger partial charge in [0.2, 0.25) is 5.91 Å². The molecule has 1 aliphatic heterocycles. The fourth-order valence-electron chi connectivity index (χ4n) is 3.09. The fraction of sp³-hybridized carbons (Fsp3) is 0.286. The molecule has 7 heteroatoms. The quantitative estimate of drug-likeness (QED) is 0.729. The van der Waals surface area contributed by atoms with E-state index in [1.54, 1.807) is 18.2 Å². The summed E-state index contributed by atoms with van der Waals surface area (Å²) < 4.78 is 5.28. The van der Waals surface area contributed by atoms with Crippen molar-refractivity contribution in [1.29, 1.82) is 0 Å². The molecule has 1 N–H and O–H groups in total. The monoisotopic (exact) mass is 419 g/mol. The number of hydrogen-bond donors (Lipinski definition) is 1. The van der Waals surface area contributed by atoms with Crippen LogP contribution in [0.1, 0.15) is 5.56 Å². The van der Waals surface area contributed by atoms with Gasteiger partial charge in [-0.3, -0.25) is 4.79 Å².